The molecule has 3 aromatic rings. The maximum Gasteiger partial charge on any atom is 0.246 e. The number of benzene rings is 2. The summed E-state index contributed by atoms with van der Waals surface area (Å²) in [6, 6.07) is 14.6. The number of sulfonamides is 1. The predicted octanol–water partition coefficient (Wildman–Crippen LogP) is 2.22. The van der Waals surface area contributed by atoms with Gasteiger partial charge in [-0.05, 0) is 43.3 Å². The van der Waals surface area contributed by atoms with Crippen molar-refractivity contribution in [3.63, 3.8) is 0 Å². The SMILES string of the molecule is COc1ccc(-c2noc(CNC(=O)[C@H](C)N(c3ccccc3)S(C)(=O)=O)n2)cc1. The van der Waals surface area contributed by atoms with E-state index in [1.165, 1.54) is 6.92 Å². The molecule has 0 bridgehead atoms. The second kappa shape index (κ2) is 8.95. The Morgan fingerprint density at radius 2 is 1.83 bits per heavy atom. The average Bonchev–Trinajstić information content (AvgIpc) is 3.21. The maximum absolute atomic E-state index is 12.6. The van der Waals surface area contributed by atoms with Crippen LogP contribution in [0.1, 0.15) is 12.8 Å². The van der Waals surface area contributed by atoms with Gasteiger partial charge >= 0.3 is 0 Å². The van der Waals surface area contributed by atoms with E-state index in [4.69, 9.17) is 9.26 Å². The molecule has 1 aromatic heterocycles. The highest BCUT2D eigenvalue weighted by Crippen LogP contribution is 2.21. The highest BCUT2D eigenvalue weighted by atomic mass is 32.2. The number of amides is 1. The summed E-state index contributed by atoms with van der Waals surface area (Å²) in [6.07, 6.45) is 1.06. The van der Waals surface area contributed by atoms with Crippen LogP contribution in [0.25, 0.3) is 11.4 Å². The van der Waals surface area contributed by atoms with Gasteiger partial charge in [-0.2, -0.15) is 4.98 Å². The fourth-order valence-electron chi connectivity index (χ4n) is 2.88. The molecular formula is C20H22N4O5S. The molecule has 9 nitrogen and oxygen atoms in total. The largest absolute Gasteiger partial charge is 0.497 e. The summed E-state index contributed by atoms with van der Waals surface area (Å²) < 4.78 is 35.9. The Morgan fingerprint density at radius 1 is 1.17 bits per heavy atom. The van der Waals surface area contributed by atoms with Crippen LogP contribution in [0.5, 0.6) is 5.75 Å². The van der Waals surface area contributed by atoms with Crippen molar-refractivity contribution in [3.8, 4) is 17.1 Å². The lowest BCUT2D eigenvalue weighted by molar-refractivity contribution is -0.122. The van der Waals surface area contributed by atoms with Gasteiger partial charge in [0.2, 0.25) is 27.6 Å². The van der Waals surface area contributed by atoms with Crippen molar-refractivity contribution in [2.45, 2.75) is 19.5 Å². The fraction of sp³-hybridized carbons (Fsp3) is 0.250. The number of aromatic nitrogens is 2. The number of methoxy groups -OCH3 is 1. The monoisotopic (exact) mass is 430 g/mol. The maximum atomic E-state index is 12.6. The summed E-state index contributed by atoms with van der Waals surface area (Å²) >= 11 is 0. The number of ether oxygens (including phenoxy) is 1. The van der Waals surface area contributed by atoms with Crippen LogP contribution in [0, 0.1) is 0 Å². The summed E-state index contributed by atoms with van der Waals surface area (Å²) in [5, 5.41) is 6.54. The Kier molecular flexibility index (Phi) is 6.36. The van der Waals surface area contributed by atoms with E-state index in [9.17, 15) is 13.2 Å². The zero-order chi connectivity index (χ0) is 21.7. The number of anilines is 1. The lowest BCUT2D eigenvalue weighted by Gasteiger charge is -2.28. The molecule has 0 fully saturated rings. The zero-order valence-corrected chi connectivity index (χ0v) is 17.6. The second-order valence-corrected chi connectivity index (χ2v) is 8.39. The van der Waals surface area contributed by atoms with E-state index in [0.29, 0.717) is 17.3 Å². The second-order valence-electron chi connectivity index (χ2n) is 6.53. The Bertz CT molecular complexity index is 1100. The minimum Gasteiger partial charge on any atom is -0.497 e. The van der Waals surface area contributed by atoms with Crippen LogP contribution in [-0.2, 0) is 21.4 Å². The first kappa shape index (κ1) is 21.3. The molecule has 0 saturated heterocycles. The average molecular weight is 430 g/mol. The Labute approximate surface area is 174 Å². The summed E-state index contributed by atoms with van der Waals surface area (Å²) in [6.45, 7) is 1.48. The first-order valence-electron chi connectivity index (χ1n) is 9.09. The van der Waals surface area contributed by atoms with Crippen molar-refractivity contribution in [2.75, 3.05) is 17.7 Å². The Morgan fingerprint density at radius 3 is 2.43 bits per heavy atom. The number of hydrogen-bond donors (Lipinski definition) is 1. The fourth-order valence-corrected chi connectivity index (χ4v) is 4.05. The molecule has 2 aromatic carbocycles. The molecule has 1 N–H and O–H groups in total. The molecule has 0 aliphatic heterocycles. The van der Waals surface area contributed by atoms with Crippen LogP contribution >= 0.6 is 0 Å². The van der Waals surface area contributed by atoms with Crippen molar-refractivity contribution in [1.82, 2.24) is 15.5 Å². The van der Waals surface area contributed by atoms with Gasteiger partial charge in [0, 0.05) is 5.56 Å². The van der Waals surface area contributed by atoms with Gasteiger partial charge in [-0.3, -0.25) is 9.10 Å². The number of para-hydroxylation sites is 1. The number of carbonyl (C=O) groups is 1. The van der Waals surface area contributed by atoms with Gasteiger partial charge in [-0.1, -0.05) is 23.4 Å². The van der Waals surface area contributed by atoms with E-state index in [0.717, 1.165) is 16.1 Å². The normalized spacial score (nSPS) is 12.2. The Hall–Kier alpha value is -3.40. The molecule has 3 rings (SSSR count). The molecule has 0 aliphatic rings. The van der Waals surface area contributed by atoms with E-state index in [1.54, 1.807) is 61.7 Å². The van der Waals surface area contributed by atoms with E-state index in [1.807, 2.05) is 0 Å². The van der Waals surface area contributed by atoms with Crippen LogP contribution in [0.3, 0.4) is 0 Å². The summed E-state index contributed by atoms with van der Waals surface area (Å²) in [5.41, 5.74) is 1.14. The lowest BCUT2D eigenvalue weighted by Crippen LogP contribution is -2.47. The van der Waals surface area contributed by atoms with Crippen molar-refractivity contribution >= 4 is 21.6 Å². The number of carbonyl (C=O) groups excluding carboxylic acids is 1. The van der Waals surface area contributed by atoms with E-state index in [2.05, 4.69) is 15.5 Å². The third kappa shape index (κ3) is 4.95. The predicted molar refractivity (Wildman–Crippen MR) is 111 cm³/mol. The third-order valence-corrected chi connectivity index (χ3v) is 5.57. The first-order valence-corrected chi connectivity index (χ1v) is 10.9. The molecule has 0 unspecified atom stereocenters. The van der Waals surface area contributed by atoms with Gasteiger partial charge < -0.3 is 14.6 Å². The number of hydrogen-bond acceptors (Lipinski definition) is 7. The first-order chi connectivity index (χ1) is 14.3. The van der Waals surface area contributed by atoms with Gasteiger partial charge in [-0.15, -0.1) is 0 Å². The standard InChI is InChI=1S/C20H22N4O5S/c1-14(24(30(3,26)27)16-7-5-4-6-8-16)20(25)21-13-18-22-19(23-29-18)15-9-11-17(28-2)12-10-15/h4-12,14H,13H2,1-3H3,(H,21,25)/t14-/m0/s1. The molecule has 10 heteroatoms. The molecule has 158 valence electrons. The summed E-state index contributed by atoms with van der Waals surface area (Å²) in [7, 11) is -2.09. The molecule has 1 heterocycles. The molecule has 0 aliphatic carbocycles. The van der Waals surface area contributed by atoms with Gasteiger partial charge in [0.05, 0.1) is 25.6 Å². The van der Waals surface area contributed by atoms with Crippen LogP contribution in [0.4, 0.5) is 5.69 Å². The molecule has 1 atom stereocenters. The molecule has 1 amide bonds. The summed E-state index contributed by atoms with van der Waals surface area (Å²) in [5.74, 6) is 0.787. The molecule has 0 spiro atoms. The van der Waals surface area contributed by atoms with E-state index in [-0.39, 0.29) is 12.4 Å². The molecule has 30 heavy (non-hydrogen) atoms. The lowest BCUT2D eigenvalue weighted by atomic mass is 10.2. The van der Waals surface area contributed by atoms with Gasteiger partial charge in [0.25, 0.3) is 0 Å². The molecule has 0 radical (unpaired) electrons. The highest BCUT2D eigenvalue weighted by molar-refractivity contribution is 7.92. The van der Waals surface area contributed by atoms with Crippen molar-refractivity contribution in [3.05, 3.63) is 60.5 Å². The number of nitrogens with one attached hydrogen (secondary N) is 1. The topological polar surface area (TPSA) is 115 Å². The molecular weight excluding hydrogens is 408 g/mol. The van der Waals surface area contributed by atoms with Crippen LogP contribution in [-0.4, -0.2) is 43.9 Å². The van der Waals surface area contributed by atoms with Crippen molar-refractivity contribution in [2.24, 2.45) is 0 Å². The van der Waals surface area contributed by atoms with Crippen LogP contribution in [0.15, 0.2) is 59.1 Å². The molecule has 0 saturated carbocycles. The smallest absolute Gasteiger partial charge is 0.246 e. The van der Waals surface area contributed by atoms with Crippen LogP contribution < -0.4 is 14.4 Å². The quantitative estimate of drug-likeness (QED) is 0.583. The van der Waals surface area contributed by atoms with Gasteiger partial charge in [0.15, 0.2) is 0 Å². The van der Waals surface area contributed by atoms with Crippen LogP contribution in [0.2, 0.25) is 0 Å². The number of rotatable bonds is 8. The van der Waals surface area contributed by atoms with Gasteiger partial charge in [0.1, 0.15) is 11.8 Å². The number of nitrogens with zero attached hydrogens (tertiary/aromatic N) is 3. The highest BCUT2D eigenvalue weighted by Gasteiger charge is 2.29. The summed E-state index contributed by atoms with van der Waals surface area (Å²) in [4.78, 5) is 16.9. The van der Waals surface area contributed by atoms with Gasteiger partial charge in [-0.25, -0.2) is 8.42 Å². The van der Waals surface area contributed by atoms with E-state index >= 15 is 0 Å². The van der Waals surface area contributed by atoms with Crippen molar-refractivity contribution in [1.29, 1.82) is 0 Å². The minimum atomic E-state index is -3.67. The minimum absolute atomic E-state index is 0.0290. The third-order valence-electron chi connectivity index (χ3n) is 4.33. The zero-order valence-electron chi connectivity index (χ0n) is 16.8. The van der Waals surface area contributed by atoms with Crippen molar-refractivity contribution < 1.29 is 22.5 Å². The van der Waals surface area contributed by atoms with E-state index < -0.39 is 22.0 Å². The Balaban J connectivity index is 1.68.